The highest BCUT2D eigenvalue weighted by atomic mass is 35.5. The van der Waals surface area contributed by atoms with Crippen molar-refractivity contribution >= 4 is 11.6 Å². The topological polar surface area (TPSA) is 24.9 Å². The number of hydrogen-bond donors (Lipinski definition) is 1. The number of aromatic nitrogens is 1. The minimum Gasteiger partial charge on any atom is -0.305 e. The summed E-state index contributed by atoms with van der Waals surface area (Å²) in [6.45, 7) is 7.15. The molecule has 0 fully saturated rings. The number of rotatable bonds is 5. The van der Waals surface area contributed by atoms with Crippen LogP contribution in [0.25, 0.3) is 0 Å². The molecule has 0 aliphatic carbocycles. The normalized spacial score (nSPS) is 12.4. The molecule has 0 spiro atoms. The monoisotopic (exact) mass is 288 g/mol. The molecule has 0 aliphatic rings. The summed E-state index contributed by atoms with van der Waals surface area (Å²) < 4.78 is 0. The van der Waals surface area contributed by atoms with Crippen LogP contribution in [-0.4, -0.2) is 11.5 Å². The smallest absolute Gasteiger partial charge is 0.0752 e. The van der Waals surface area contributed by atoms with E-state index in [9.17, 15) is 0 Å². The Kier molecular flexibility index (Phi) is 5.16. The van der Waals surface area contributed by atoms with E-state index in [2.05, 4.69) is 35.4 Å². The molecule has 106 valence electrons. The van der Waals surface area contributed by atoms with E-state index in [0.717, 1.165) is 40.5 Å². The molecule has 0 saturated heterocycles. The molecule has 20 heavy (non-hydrogen) atoms. The zero-order valence-corrected chi connectivity index (χ0v) is 13.0. The highest BCUT2D eigenvalue weighted by Gasteiger charge is 2.15. The second-order valence-electron chi connectivity index (χ2n) is 5.10. The molecule has 1 heterocycles. The maximum absolute atomic E-state index is 6.26. The lowest BCUT2D eigenvalue weighted by Crippen LogP contribution is -2.24. The standard InChI is InChI=1S/C17H21ClN2/c1-4-10-19-17(16-7-5-6-13(3)20-16)14-9-8-12(2)15(18)11-14/h5-9,11,17,19H,4,10H2,1-3H3. The molecule has 0 aliphatic heterocycles. The maximum atomic E-state index is 6.26. The highest BCUT2D eigenvalue weighted by Crippen LogP contribution is 2.25. The lowest BCUT2D eigenvalue weighted by Gasteiger charge is -2.19. The van der Waals surface area contributed by atoms with Crippen LogP contribution in [0.1, 0.15) is 41.9 Å². The predicted octanol–water partition coefficient (Wildman–Crippen LogP) is 4.44. The van der Waals surface area contributed by atoms with Crippen LogP contribution in [0.15, 0.2) is 36.4 Å². The van der Waals surface area contributed by atoms with Gasteiger partial charge in [-0.1, -0.05) is 36.7 Å². The Hall–Kier alpha value is -1.38. The zero-order chi connectivity index (χ0) is 14.5. The predicted molar refractivity (Wildman–Crippen MR) is 85.3 cm³/mol. The van der Waals surface area contributed by atoms with Crippen molar-refractivity contribution in [1.29, 1.82) is 0 Å². The van der Waals surface area contributed by atoms with Crippen LogP contribution in [0.3, 0.4) is 0 Å². The van der Waals surface area contributed by atoms with Gasteiger partial charge in [-0.2, -0.15) is 0 Å². The summed E-state index contributed by atoms with van der Waals surface area (Å²) in [4.78, 5) is 4.65. The summed E-state index contributed by atoms with van der Waals surface area (Å²) in [5.74, 6) is 0. The minimum atomic E-state index is 0.0907. The summed E-state index contributed by atoms with van der Waals surface area (Å²) in [5.41, 5.74) is 4.33. The zero-order valence-electron chi connectivity index (χ0n) is 12.3. The number of benzene rings is 1. The van der Waals surface area contributed by atoms with E-state index < -0.39 is 0 Å². The van der Waals surface area contributed by atoms with Gasteiger partial charge in [0.1, 0.15) is 0 Å². The van der Waals surface area contributed by atoms with Gasteiger partial charge >= 0.3 is 0 Å². The molecule has 0 bridgehead atoms. The first-order valence-electron chi connectivity index (χ1n) is 7.04. The van der Waals surface area contributed by atoms with Gasteiger partial charge in [-0.3, -0.25) is 4.98 Å². The molecule has 0 saturated carbocycles. The van der Waals surface area contributed by atoms with Gasteiger partial charge < -0.3 is 5.32 Å². The Balaban J connectivity index is 2.38. The molecule has 1 aromatic heterocycles. The molecule has 2 rings (SSSR count). The number of nitrogens with one attached hydrogen (secondary N) is 1. The van der Waals surface area contributed by atoms with Crippen LogP contribution in [0.2, 0.25) is 5.02 Å². The third kappa shape index (κ3) is 3.59. The lowest BCUT2D eigenvalue weighted by molar-refractivity contribution is 0.585. The SMILES string of the molecule is CCCNC(c1ccc(C)c(Cl)c1)c1cccc(C)n1. The highest BCUT2D eigenvalue weighted by molar-refractivity contribution is 6.31. The molecule has 2 nitrogen and oxygen atoms in total. The Morgan fingerprint density at radius 3 is 2.65 bits per heavy atom. The molecule has 0 radical (unpaired) electrons. The van der Waals surface area contributed by atoms with Gasteiger partial charge in [-0.25, -0.2) is 0 Å². The van der Waals surface area contributed by atoms with Crippen molar-refractivity contribution < 1.29 is 0 Å². The van der Waals surface area contributed by atoms with E-state index in [1.807, 2.05) is 32.0 Å². The first kappa shape index (κ1) is 15.0. The van der Waals surface area contributed by atoms with Crippen LogP contribution in [-0.2, 0) is 0 Å². The second kappa shape index (κ2) is 6.87. The van der Waals surface area contributed by atoms with Gasteiger partial charge in [0.25, 0.3) is 0 Å². The van der Waals surface area contributed by atoms with Crippen molar-refractivity contribution in [2.75, 3.05) is 6.54 Å². The fourth-order valence-electron chi connectivity index (χ4n) is 2.20. The van der Waals surface area contributed by atoms with Crippen molar-refractivity contribution in [3.8, 4) is 0 Å². The van der Waals surface area contributed by atoms with Crippen molar-refractivity contribution in [3.63, 3.8) is 0 Å². The number of hydrogen-bond acceptors (Lipinski definition) is 2. The van der Waals surface area contributed by atoms with Crippen LogP contribution >= 0.6 is 11.6 Å². The van der Waals surface area contributed by atoms with Gasteiger partial charge in [0.2, 0.25) is 0 Å². The first-order valence-corrected chi connectivity index (χ1v) is 7.42. The van der Waals surface area contributed by atoms with Crippen LogP contribution < -0.4 is 5.32 Å². The number of nitrogens with zero attached hydrogens (tertiary/aromatic N) is 1. The minimum absolute atomic E-state index is 0.0907. The third-order valence-electron chi connectivity index (χ3n) is 3.33. The average molecular weight is 289 g/mol. The van der Waals surface area contributed by atoms with Gasteiger partial charge in [-0.15, -0.1) is 0 Å². The van der Waals surface area contributed by atoms with E-state index in [-0.39, 0.29) is 6.04 Å². The molecule has 1 unspecified atom stereocenters. The summed E-state index contributed by atoms with van der Waals surface area (Å²) in [5, 5.41) is 4.36. The van der Waals surface area contributed by atoms with Crippen LogP contribution in [0.4, 0.5) is 0 Å². The summed E-state index contributed by atoms with van der Waals surface area (Å²) in [7, 11) is 0. The van der Waals surface area contributed by atoms with E-state index in [4.69, 9.17) is 11.6 Å². The largest absolute Gasteiger partial charge is 0.305 e. The second-order valence-corrected chi connectivity index (χ2v) is 5.51. The van der Waals surface area contributed by atoms with Gasteiger partial charge in [0, 0.05) is 10.7 Å². The van der Waals surface area contributed by atoms with Crippen LogP contribution in [0.5, 0.6) is 0 Å². The quantitative estimate of drug-likeness (QED) is 0.880. The van der Waals surface area contributed by atoms with Crippen molar-refractivity contribution in [2.24, 2.45) is 0 Å². The van der Waals surface area contributed by atoms with Gasteiger partial charge in [0.05, 0.1) is 11.7 Å². The molecular formula is C17H21ClN2. The lowest BCUT2D eigenvalue weighted by atomic mass is 10.0. The Bertz CT molecular complexity index is 581. The number of aryl methyl sites for hydroxylation is 2. The molecule has 1 aromatic carbocycles. The van der Waals surface area contributed by atoms with E-state index >= 15 is 0 Å². The Morgan fingerprint density at radius 1 is 1.20 bits per heavy atom. The van der Waals surface area contributed by atoms with Crippen molar-refractivity contribution in [1.82, 2.24) is 10.3 Å². The molecule has 3 heteroatoms. The average Bonchev–Trinajstić information content (AvgIpc) is 2.43. The van der Waals surface area contributed by atoms with E-state index in [1.54, 1.807) is 0 Å². The summed E-state index contributed by atoms with van der Waals surface area (Å²) >= 11 is 6.26. The fraction of sp³-hybridized carbons (Fsp3) is 0.353. The van der Waals surface area contributed by atoms with Crippen molar-refractivity contribution in [3.05, 3.63) is 63.9 Å². The summed E-state index contributed by atoms with van der Waals surface area (Å²) in [6.07, 6.45) is 1.09. The molecule has 0 amide bonds. The summed E-state index contributed by atoms with van der Waals surface area (Å²) in [6, 6.07) is 12.4. The van der Waals surface area contributed by atoms with E-state index in [0.29, 0.717) is 0 Å². The maximum Gasteiger partial charge on any atom is 0.0752 e. The molecule has 2 aromatic rings. The van der Waals surface area contributed by atoms with Gasteiger partial charge in [-0.05, 0) is 56.1 Å². The Labute approximate surface area is 126 Å². The Morgan fingerprint density at radius 2 is 2.00 bits per heavy atom. The van der Waals surface area contributed by atoms with Crippen molar-refractivity contribution in [2.45, 2.75) is 33.2 Å². The number of halogens is 1. The molecule has 1 N–H and O–H groups in total. The third-order valence-corrected chi connectivity index (χ3v) is 3.74. The number of pyridine rings is 1. The van der Waals surface area contributed by atoms with Gasteiger partial charge in [0.15, 0.2) is 0 Å². The molecular weight excluding hydrogens is 268 g/mol. The van der Waals surface area contributed by atoms with Crippen LogP contribution in [0, 0.1) is 13.8 Å². The van der Waals surface area contributed by atoms with E-state index in [1.165, 1.54) is 0 Å². The first-order chi connectivity index (χ1) is 9.61. The molecule has 1 atom stereocenters. The fourth-order valence-corrected chi connectivity index (χ4v) is 2.38.